The highest BCUT2D eigenvalue weighted by Gasteiger charge is 2.29. The third-order valence-corrected chi connectivity index (χ3v) is 8.23. The molecule has 4 heterocycles. The van der Waals surface area contributed by atoms with Crippen molar-refractivity contribution in [2.24, 2.45) is 5.73 Å². The summed E-state index contributed by atoms with van der Waals surface area (Å²) in [6.45, 7) is 7.55. The maximum atomic E-state index is 11.8. The molecule has 2 aromatic carbocycles. The molecule has 0 spiro atoms. The molecule has 3 aromatic rings. The number of benzene rings is 2. The van der Waals surface area contributed by atoms with Gasteiger partial charge in [-0.05, 0) is 74.7 Å². The van der Waals surface area contributed by atoms with Gasteiger partial charge in [-0.25, -0.2) is 9.97 Å². The molecule has 4 N–H and O–H groups in total. The summed E-state index contributed by atoms with van der Waals surface area (Å²) in [7, 11) is 0. The highest BCUT2D eigenvalue weighted by Crippen LogP contribution is 2.28. The summed E-state index contributed by atoms with van der Waals surface area (Å²) in [5, 5.41) is 6.97. The molecule has 9 heteroatoms. The quantitative estimate of drug-likeness (QED) is 0.411. The first-order chi connectivity index (χ1) is 19.1. The summed E-state index contributed by atoms with van der Waals surface area (Å²) in [6, 6.07) is 19.1. The van der Waals surface area contributed by atoms with Crippen molar-refractivity contribution in [3.8, 4) is 11.3 Å². The molecule has 3 aliphatic rings. The molecule has 0 bridgehead atoms. The first-order valence-corrected chi connectivity index (χ1v) is 14.2. The van der Waals surface area contributed by atoms with Gasteiger partial charge in [-0.1, -0.05) is 12.1 Å². The second kappa shape index (κ2) is 11.6. The lowest BCUT2D eigenvalue weighted by molar-refractivity contribution is -0.119. The summed E-state index contributed by atoms with van der Waals surface area (Å²) in [5.74, 6) is 0.304. The maximum absolute atomic E-state index is 11.8. The molecule has 6 rings (SSSR count). The topological polar surface area (TPSA) is 103 Å². The number of piperazine rings is 1. The Balaban J connectivity index is 1.05. The van der Waals surface area contributed by atoms with Crippen LogP contribution in [0.25, 0.3) is 11.3 Å². The van der Waals surface area contributed by atoms with E-state index in [1.54, 1.807) is 6.20 Å². The molecule has 3 fully saturated rings. The average Bonchev–Trinajstić information content (AvgIpc) is 3.67. The van der Waals surface area contributed by atoms with Gasteiger partial charge >= 0.3 is 0 Å². The van der Waals surface area contributed by atoms with E-state index < -0.39 is 0 Å². The predicted molar refractivity (Wildman–Crippen MR) is 156 cm³/mol. The van der Waals surface area contributed by atoms with Crippen LogP contribution in [0.3, 0.4) is 0 Å². The number of aromatic nitrogens is 2. The minimum atomic E-state index is -0.258. The van der Waals surface area contributed by atoms with Gasteiger partial charge in [0.15, 0.2) is 0 Å². The Labute approximate surface area is 230 Å². The molecule has 3 saturated heterocycles. The van der Waals surface area contributed by atoms with E-state index in [4.69, 9.17) is 10.7 Å². The van der Waals surface area contributed by atoms with Crippen LogP contribution < -0.4 is 26.2 Å². The Bertz CT molecular complexity index is 1250. The van der Waals surface area contributed by atoms with Gasteiger partial charge < -0.3 is 26.2 Å². The maximum Gasteiger partial charge on any atom is 0.240 e. The first kappa shape index (κ1) is 25.6. The zero-order chi connectivity index (χ0) is 26.6. The van der Waals surface area contributed by atoms with E-state index in [0.717, 1.165) is 68.2 Å². The Kier molecular flexibility index (Phi) is 7.60. The fourth-order valence-corrected chi connectivity index (χ4v) is 6.07. The lowest BCUT2D eigenvalue weighted by atomic mass is 10.1. The van der Waals surface area contributed by atoms with Crippen LogP contribution in [0.1, 0.15) is 25.7 Å². The number of amides is 1. The van der Waals surface area contributed by atoms with E-state index in [0.29, 0.717) is 12.0 Å². The van der Waals surface area contributed by atoms with Crippen LogP contribution in [0.4, 0.5) is 23.0 Å². The summed E-state index contributed by atoms with van der Waals surface area (Å²) in [6.07, 6.45) is 6.19. The third kappa shape index (κ3) is 5.99. The lowest BCUT2D eigenvalue weighted by Crippen LogP contribution is -2.49. The van der Waals surface area contributed by atoms with E-state index in [9.17, 15) is 4.79 Å². The molecular weight excluding hydrogens is 488 g/mol. The van der Waals surface area contributed by atoms with Gasteiger partial charge in [0, 0.05) is 74.1 Å². The van der Waals surface area contributed by atoms with Crippen molar-refractivity contribution in [3.63, 3.8) is 0 Å². The van der Waals surface area contributed by atoms with Gasteiger partial charge in [-0.3, -0.25) is 9.69 Å². The second-order valence-electron chi connectivity index (χ2n) is 10.8. The van der Waals surface area contributed by atoms with Crippen molar-refractivity contribution >= 4 is 28.9 Å². The van der Waals surface area contributed by atoms with Crippen molar-refractivity contribution in [3.05, 3.63) is 60.8 Å². The summed E-state index contributed by atoms with van der Waals surface area (Å²) in [5.41, 5.74) is 10.7. The zero-order valence-electron chi connectivity index (χ0n) is 22.4. The smallest absolute Gasteiger partial charge is 0.240 e. The van der Waals surface area contributed by atoms with Crippen LogP contribution in [0.15, 0.2) is 60.8 Å². The number of carbonyl (C=O) groups is 1. The summed E-state index contributed by atoms with van der Waals surface area (Å²) in [4.78, 5) is 28.1. The van der Waals surface area contributed by atoms with Crippen molar-refractivity contribution < 1.29 is 4.79 Å². The molecule has 0 unspecified atom stereocenters. The molecular formula is C30H38N8O. The number of anilines is 4. The Hall–Kier alpha value is -3.69. The Morgan fingerprint density at radius 3 is 2.41 bits per heavy atom. The molecule has 1 amide bonds. The van der Waals surface area contributed by atoms with E-state index in [-0.39, 0.29) is 11.9 Å². The molecule has 0 aliphatic carbocycles. The number of primary amides is 1. The van der Waals surface area contributed by atoms with Crippen LogP contribution in [0.2, 0.25) is 0 Å². The molecule has 3 aliphatic heterocycles. The van der Waals surface area contributed by atoms with Crippen molar-refractivity contribution in [1.82, 2.24) is 20.2 Å². The first-order valence-electron chi connectivity index (χ1n) is 14.2. The zero-order valence-corrected chi connectivity index (χ0v) is 22.4. The highest BCUT2D eigenvalue weighted by atomic mass is 16.1. The van der Waals surface area contributed by atoms with E-state index in [2.05, 4.69) is 54.6 Å². The van der Waals surface area contributed by atoms with Crippen molar-refractivity contribution in [2.45, 2.75) is 37.8 Å². The molecule has 204 valence electrons. The van der Waals surface area contributed by atoms with Crippen LogP contribution in [0.5, 0.6) is 0 Å². The van der Waals surface area contributed by atoms with Crippen LogP contribution in [0, 0.1) is 0 Å². The lowest BCUT2D eigenvalue weighted by Gasteiger charge is -2.37. The number of hydrogen-bond donors (Lipinski definition) is 3. The van der Waals surface area contributed by atoms with E-state index in [1.165, 1.54) is 31.6 Å². The number of rotatable bonds is 8. The molecule has 0 saturated carbocycles. The minimum absolute atomic E-state index is 0.221. The number of nitrogens with zero attached hydrogens (tertiary/aromatic N) is 5. The Morgan fingerprint density at radius 2 is 1.69 bits per heavy atom. The van der Waals surface area contributed by atoms with Crippen molar-refractivity contribution in [1.29, 1.82) is 0 Å². The van der Waals surface area contributed by atoms with Gasteiger partial charge in [0.2, 0.25) is 11.9 Å². The van der Waals surface area contributed by atoms with Gasteiger partial charge in [-0.2, -0.15) is 0 Å². The molecule has 39 heavy (non-hydrogen) atoms. The molecule has 2 atom stereocenters. The SMILES string of the molecule is NC(=O)[C@H]1CCCN1c1ccc(-c2ccnc(Nc3ccc(N4CCN(C[C@@H]5CCCN5)CC4)cc3)n2)cc1. The average molecular weight is 527 g/mol. The van der Waals surface area contributed by atoms with Crippen LogP contribution >= 0.6 is 0 Å². The van der Waals surface area contributed by atoms with E-state index >= 15 is 0 Å². The van der Waals surface area contributed by atoms with Crippen LogP contribution in [-0.4, -0.2) is 78.7 Å². The monoisotopic (exact) mass is 526 g/mol. The van der Waals surface area contributed by atoms with Gasteiger partial charge in [0.05, 0.1) is 5.69 Å². The van der Waals surface area contributed by atoms with E-state index in [1.807, 2.05) is 30.3 Å². The normalized spacial score (nSPS) is 21.8. The molecule has 1 aromatic heterocycles. The summed E-state index contributed by atoms with van der Waals surface area (Å²) < 4.78 is 0. The fraction of sp³-hybridized carbons (Fsp3) is 0.433. The predicted octanol–water partition coefficient (Wildman–Crippen LogP) is 3.22. The fourth-order valence-electron chi connectivity index (χ4n) is 6.07. The largest absolute Gasteiger partial charge is 0.369 e. The Morgan fingerprint density at radius 1 is 0.923 bits per heavy atom. The van der Waals surface area contributed by atoms with Gasteiger partial charge in [0.25, 0.3) is 0 Å². The molecule has 9 nitrogen and oxygen atoms in total. The van der Waals surface area contributed by atoms with Crippen molar-refractivity contribution in [2.75, 3.05) is 60.9 Å². The minimum Gasteiger partial charge on any atom is -0.369 e. The number of carbonyl (C=O) groups excluding carboxylic acids is 1. The van der Waals surface area contributed by atoms with Gasteiger partial charge in [0.1, 0.15) is 6.04 Å². The third-order valence-electron chi connectivity index (χ3n) is 8.23. The highest BCUT2D eigenvalue weighted by molar-refractivity contribution is 5.84. The summed E-state index contributed by atoms with van der Waals surface area (Å²) >= 11 is 0. The number of hydrogen-bond acceptors (Lipinski definition) is 8. The number of nitrogens with one attached hydrogen (secondary N) is 2. The molecule has 0 radical (unpaired) electrons. The van der Waals surface area contributed by atoms with Crippen LogP contribution in [-0.2, 0) is 4.79 Å². The van der Waals surface area contributed by atoms with Gasteiger partial charge in [-0.15, -0.1) is 0 Å². The number of nitrogens with two attached hydrogens (primary N) is 1. The second-order valence-corrected chi connectivity index (χ2v) is 10.8. The standard InChI is InChI=1S/C30H38N8O/c31-29(39)28-4-2-16-38(28)26-9-5-22(6-10-26)27-13-15-33-30(35-27)34-23-7-11-25(12-8-23)37-19-17-36(18-20-37)21-24-3-1-14-32-24/h5-13,15,24,28,32H,1-4,14,16-21H2,(H2,31,39)(H,33,34,35)/t24-,28+/m0/s1.